The summed E-state index contributed by atoms with van der Waals surface area (Å²) in [6, 6.07) is 16.5. The van der Waals surface area contributed by atoms with Crippen molar-refractivity contribution in [3.8, 4) is 11.1 Å². The van der Waals surface area contributed by atoms with E-state index in [0.717, 1.165) is 48.4 Å². The standard InChI is InChI=1S/C20H26N4S2/c1-3-13-21-19(25)23-17-9-5-15(6-10-17)16-7-11-18(12-8-16)24-20(26)22-14-4-2/h5-12H,3-4,13-14H2,1-2H3,(H2,21,23,25)(H2,22,24,26). The molecule has 0 unspecified atom stereocenters. The molecule has 0 atom stereocenters. The first kappa shape index (κ1) is 20.1. The molecule has 0 aliphatic heterocycles. The minimum absolute atomic E-state index is 0.655. The average molecular weight is 387 g/mol. The van der Waals surface area contributed by atoms with Crippen LogP contribution in [-0.2, 0) is 0 Å². The molecule has 138 valence electrons. The van der Waals surface area contributed by atoms with E-state index >= 15 is 0 Å². The molecule has 0 saturated carbocycles. The van der Waals surface area contributed by atoms with Gasteiger partial charge in [0.2, 0.25) is 0 Å². The van der Waals surface area contributed by atoms with Crippen LogP contribution in [0.25, 0.3) is 11.1 Å². The molecule has 26 heavy (non-hydrogen) atoms. The number of anilines is 2. The largest absolute Gasteiger partial charge is 0.362 e. The third-order valence-electron chi connectivity index (χ3n) is 3.69. The Hall–Kier alpha value is -2.18. The highest BCUT2D eigenvalue weighted by Crippen LogP contribution is 2.23. The molecule has 0 spiro atoms. The Morgan fingerprint density at radius 2 is 1.00 bits per heavy atom. The molecule has 2 rings (SSSR count). The van der Waals surface area contributed by atoms with Gasteiger partial charge < -0.3 is 21.3 Å². The van der Waals surface area contributed by atoms with Crippen molar-refractivity contribution in [1.82, 2.24) is 10.6 Å². The van der Waals surface area contributed by atoms with Crippen LogP contribution in [0.4, 0.5) is 11.4 Å². The zero-order valence-corrected chi connectivity index (χ0v) is 16.9. The van der Waals surface area contributed by atoms with E-state index in [0.29, 0.717) is 10.2 Å². The highest BCUT2D eigenvalue weighted by atomic mass is 32.1. The summed E-state index contributed by atoms with van der Waals surface area (Å²) in [6.45, 7) is 5.98. The number of hydrogen-bond acceptors (Lipinski definition) is 2. The smallest absolute Gasteiger partial charge is 0.170 e. The van der Waals surface area contributed by atoms with Crippen LogP contribution < -0.4 is 21.3 Å². The van der Waals surface area contributed by atoms with E-state index < -0.39 is 0 Å². The maximum Gasteiger partial charge on any atom is 0.170 e. The highest BCUT2D eigenvalue weighted by molar-refractivity contribution is 7.80. The Kier molecular flexibility index (Phi) is 8.31. The SMILES string of the molecule is CCCNC(=S)Nc1ccc(-c2ccc(NC(=S)NCCC)cc2)cc1. The van der Waals surface area contributed by atoms with Gasteiger partial charge in [-0.2, -0.15) is 0 Å². The molecular formula is C20H26N4S2. The molecule has 0 amide bonds. The zero-order chi connectivity index (χ0) is 18.8. The number of thiocarbonyl (C=S) groups is 2. The summed E-state index contributed by atoms with van der Waals surface area (Å²) in [7, 11) is 0. The quantitative estimate of drug-likeness (QED) is 0.516. The lowest BCUT2D eigenvalue weighted by molar-refractivity contribution is 0.846. The molecule has 4 nitrogen and oxygen atoms in total. The van der Waals surface area contributed by atoms with Crippen LogP contribution >= 0.6 is 24.4 Å². The van der Waals surface area contributed by atoms with E-state index in [9.17, 15) is 0 Å². The molecule has 0 heterocycles. The fourth-order valence-corrected chi connectivity index (χ4v) is 2.76. The molecule has 0 radical (unpaired) electrons. The number of benzene rings is 2. The van der Waals surface area contributed by atoms with E-state index in [1.165, 1.54) is 0 Å². The van der Waals surface area contributed by atoms with E-state index in [1.54, 1.807) is 0 Å². The molecule has 0 bridgehead atoms. The number of nitrogens with one attached hydrogen (secondary N) is 4. The van der Waals surface area contributed by atoms with Crippen molar-refractivity contribution in [3.63, 3.8) is 0 Å². The molecule has 4 N–H and O–H groups in total. The van der Waals surface area contributed by atoms with E-state index in [4.69, 9.17) is 24.4 Å². The molecule has 0 aliphatic rings. The minimum atomic E-state index is 0.655. The third kappa shape index (κ3) is 6.61. The lowest BCUT2D eigenvalue weighted by Gasteiger charge is -2.11. The molecule has 0 aliphatic carbocycles. The summed E-state index contributed by atoms with van der Waals surface area (Å²) in [5.74, 6) is 0. The van der Waals surface area contributed by atoms with Gasteiger partial charge in [0.15, 0.2) is 10.2 Å². The van der Waals surface area contributed by atoms with Crippen molar-refractivity contribution in [2.24, 2.45) is 0 Å². The highest BCUT2D eigenvalue weighted by Gasteiger charge is 2.01. The number of rotatable bonds is 7. The van der Waals surface area contributed by atoms with Crippen LogP contribution in [0.15, 0.2) is 48.5 Å². The van der Waals surface area contributed by atoms with Gasteiger partial charge in [-0.3, -0.25) is 0 Å². The van der Waals surface area contributed by atoms with Crippen LogP contribution in [0.3, 0.4) is 0 Å². The van der Waals surface area contributed by atoms with Gasteiger partial charge in [0.1, 0.15) is 0 Å². The van der Waals surface area contributed by atoms with Gasteiger partial charge in [-0.1, -0.05) is 38.1 Å². The van der Waals surface area contributed by atoms with Crippen molar-refractivity contribution in [2.45, 2.75) is 26.7 Å². The fraction of sp³-hybridized carbons (Fsp3) is 0.300. The summed E-state index contributed by atoms with van der Waals surface area (Å²) < 4.78 is 0. The summed E-state index contributed by atoms with van der Waals surface area (Å²) >= 11 is 10.5. The Balaban J connectivity index is 1.94. The minimum Gasteiger partial charge on any atom is -0.362 e. The maximum atomic E-state index is 5.26. The van der Waals surface area contributed by atoms with E-state index in [1.807, 2.05) is 24.3 Å². The Bertz CT molecular complexity index is 648. The predicted octanol–water partition coefficient (Wildman–Crippen LogP) is 4.75. The predicted molar refractivity (Wildman–Crippen MR) is 121 cm³/mol. The van der Waals surface area contributed by atoms with Crippen LogP contribution in [0.5, 0.6) is 0 Å². The third-order valence-corrected chi connectivity index (χ3v) is 4.18. The summed E-state index contributed by atoms with van der Waals surface area (Å²) in [4.78, 5) is 0. The summed E-state index contributed by atoms with van der Waals surface area (Å²) in [5.41, 5.74) is 4.27. The normalized spacial score (nSPS) is 10.1. The van der Waals surface area contributed by atoms with Crippen molar-refractivity contribution >= 4 is 46.0 Å². The monoisotopic (exact) mass is 386 g/mol. The second kappa shape index (κ2) is 10.7. The van der Waals surface area contributed by atoms with Gasteiger partial charge in [0, 0.05) is 24.5 Å². The van der Waals surface area contributed by atoms with Gasteiger partial charge in [0.25, 0.3) is 0 Å². The topological polar surface area (TPSA) is 48.1 Å². The molecule has 0 fully saturated rings. The van der Waals surface area contributed by atoms with Crippen molar-refractivity contribution in [3.05, 3.63) is 48.5 Å². The van der Waals surface area contributed by atoms with E-state index in [2.05, 4.69) is 59.4 Å². The Morgan fingerprint density at radius 3 is 1.31 bits per heavy atom. The summed E-state index contributed by atoms with van der Waals surface area (Å²) in [5, 5.41) is 14.0. The first-order valence-electron chi connectivity index (χ1n) is 8.92. The molecule has 2 aromatic carbocycles. The van der Waals surface area contributed by atoms with Crippen LogP contribution in [-0.4, -0.2) is 23.3 Å². The van der Waals surface area contributed by atoms with Crippen molar-refractivity contribution in [1.29, 1.82) is 0 Å². The molecular weight excluding hydrogens is 360 g/mol. The molecule has 6 heteroatoms. The summed E-state index contributed by atoms with van der Waals surface area (Å²) in [6.07, 6.45) is 2.09. The number of hydrogen-bond donors (Lipinski definition) is 4. The second-order valence-corrected chi connectivity index (χ2v) is 6.73. The van der Waals surface area contributed by atoms with Gasteiger partial charge in [-0.05, 0) is 72.7 Å². The van der Waals surface area contributed by atoms with Crippen LogP contribution in [0, 0.1) is 0 Å². The lowest BCUT2D eigenvalue weighted by Crippen LogP contribution is -2.28. The van der Waals surface area contributed by atoms with Gasteiger partial charge in [-0.15, -0.1) is 0 Å². The second-order valence-electron chi connectivity index (χ2n) is 5.92. The fourth-order valence-electron chi connectivity index (χ4n) is 2.32. The Labute approximate surface area is 166 Å². The van der Waals surface area contributed by atoms with Crippen LogP contribution in [0.1, 0.15) is 26.7 Å². The maximum absolute atomic E-state index is 5.26. The molecule has 0 saturated heterocycles. The van der Waals surface area contributed by atoms with E-state index in [-0.39, 0.29) is 0 Å². The first-order chi connectivity index (χ1) is 12.6. The molecule has 0 aromatic heterocycles. The first-order valence-corrected chi connectivity index (χ1v) is 9.74. The lowest BCUT2D eigenvalue weighted by atomic mass is 10.1. The van der Waals surface area contributed by atoms with Gasteiger partial charge in [-0.25, -0.2) is 0 Å². The van der Waals surface area contributed by atoms with Gasteiger partial charge in [0.05, 0.1) is 0 Å². The average Bonchev–Trinajstić information content (AvgIpc) is 2.66. The van der Waals surface area contributed by atoms with Crippen molar-refractivity contribution in [2.75, 3.05) is 23.7 Å². The van der Waals surface area contributed by atoms with Gasteiger partial charge >= 0.3 is 0 Å². The van der Waals surface area contributed by atoms with Crippen molar-refractivity contribution < 1.29 is 0 Å². The van der Waals surface area contributed by atoms with Crippen LogP contribution in [0.2, 0.25) is 0 Å². The zero-order valence-electron chi connectivity index (χ0n) is 15.3. The Morgan fingerprint density at radius 1 is 0.654 bits per heavy atom. The molecule has 2 aromatic rings.